The standard InChI is InChI=1S/C13H17N3O2S/c1-8-9(2)18-13(11(8)3-14)16-12(17)7-19-6-10-4-15-5-10/h10,15H,4-7H2,1-2H3,(H,16,17). The smallest absolute Gasteiger partial charge is 0.236 e. The van der Waals surface area contributed by atoms with E-state index in [1.807, 2.05) is 6.92 Å². The maximum absolute atomic E-state index is 11.8. The van der Waals surface area contributed by atoms with Crippen LogP contribution in [0.1, 0.15) is 16.9 Å². The van der Waals surface area contributed by atoms with Crippen molar-refractivity contribution in [3.63, 3.8) is 0 Å². The van der Waals surface area contributed by atoms with Crippen LogP contribution in [0.25, 0.3) is 0 Å². The second-order valence-electron chi connectivity index (χ2n) is 4.69. The van der Waals surface area contributed by atoms with Crippen LogP contribution in [0.15, 0.2) is 4.42 Å². The summed E-state index contributed by atoms with van der Waals surface area (Å²) in [5.74, 6) is 2.87. The number of carbonyl (C=O) groups excluding carboxylic acids is 1. The third kappa shape index (κ3) is 3.31. The predicted octanol–water partition coefficient (Wildman–Crippen LogP) is 1.66. The largest absolute Gasteiger partial charge is 0.444 e. The number of thioether (sulfide) groups is 1. The van der Waals surface area contributed by atoms with Gasteiger partial charge in [-0.05, 0) is 38.6 Å². The zero-order valence-corrected chi connectivity index (χ0v) is 11.9. The van der Waals surface area contributed by atoms with Gasteiger partial charge in [0.25, 0.3) is 0 Å². The summed E-state index contributed by atoms with van der Waals surface area (Å²) >= 11 is 1.61. The highest BCUT2D eigenvalue weighted by atomic mass is 32.2. The first kappa shape index (κ1) is 14.0. The zero-order chi connectivity index (χ0) is 13.8. The summed E-state index contributed by atoms with van der Waals surface area (Å²) in [6, 6.07) is 2.06. The fourth-order valence-electron chi connectivity index (χ4n) is 1.80. The first-order valence-corrected chi connectivity index (χ1v) is 7.35. The Morgan fingerprint density at radius 1 is 1.58 bits per heavy atom. The third-order valence-corrected chi connectivity index (χ3v) is 4.38. The summed E-state index contributed by atoms with van der Waals surface area (Å²) in [5.41, 5.74) is 1.20. The van der Waals surface area contributed by atoms with Gasteiger partial charge in [-0.2, -0.15) is 17.0 Å². The van der Waals surface area contributed by atoms with E-state index < -0.39 is 0 Å². The number of furan rings is 1. The van der Waals surface area contributed by atoms with Crippen LogP contribution in [-0.2, 0) is 4.79 Å². The van der Waals surface area contributed by atoms with Crippen molar-refractivity contribution in [2.75, 3.05) is 29.9 Å². The molecule has 2 N–H and O–H groups in total. The Kier molecular flexibility index (Phi) is 4.51. The van der Waals surface area contributed by atoms with Gasteiger partial charge in [0.2, 0.25) is 11.8 Å². The van der Waals surface area contributed by atoms with E-state index in [1.165, 1.54) is 0 Å². The van der Waals surface area contributed by atoms with E-state index in [2.05, 4.69) is 16.7 Å². The number of aryl methyl sites for hydroxylation is 1. The molecule has 0 spiro atoms. The Labute approximate surface area is 116 Å². The van der Waals surface area contributed by atoms with Gasteiger partial charge in [-0.1, -0.05) is 0 Å². The van der Waals surface area contributed by atoms with Crippen LogP contribution in [-0.4, -0.2) is 30.5 Å². The molecule has 1 aromatic heterocycles. The molecule has 1 amide bonds. The van der Waals surface area contributed by atoms with Crippen molar-refractivity contribution in [1.29, 1.82) is 5.26 Å². The van der Waals surface area contributed by atoms with Crippen molar-refractivity contribution < 1.29 is 9.21 Å². The van der Waals surface area contributed by atoms with Crippen LogP contribution in [0.5, 0.6) is 0 Å². The normalized spacial score (nSPS) is 14.8. The van der Waals surface area contributed by atoms with E-state index in [0.29, 0.717) is 23.0 Å². The van der Waals surface area contributed by atoms with E-state index >= 15 is 0 Å². The third-order valence-electron chi connectivity index (χ3n) is 3.20. The van der Waals surface area contributed by atoms with E-state index in [1.54, 1.807) is 18.7 Å². The molecule has 2 heterocycles. The molecule has 0 unspecified atom stereocenters. The average molecular weight is 279 g/mol. The van der Waals surface area contributed by atoms with Gasteiger partial charge in [-0.15, -0.1) is 0 Å². The van der Waals surface area contributed by atoms with Crippen molar-refractivity contribution in [2.24, 2.45) is 5.92 Å². The summed E-state index contributed by atoms with van der Waals surface area (Å²) < 4.78 is 5.39. The molecule has 0 bridgehead atoms. The molecule has 5 nitrogen and oxygen atoms in total. The topological polar surface area (TPSA) is 78.1 Å². The van der Waals surface area contributed by atoms with Gasteiger partial charge in [0.15, 0.2) is 0 Å². The molecule has 1 aliphatic rings. The van der Waals surface area contributed by atoms with Crippen LogP contribution >= 0.6 is 11.8 Å². The highest BCUT2D eigenvalue weighted by Crippen LogP contribution is 2.25. The Balaban J connectivity index is 1.84. The number of carbonyl (C=O) groups is 1. The Morgan fingerprint density at radius 2 is 2.32 bits per heavy atom. The Morgan fingerprint density at radius 3 is 2.89 bits per heavy atom. The van der Waals surface area contributed by atoms with Gasteiger partial charge in [0, 0.05) is 5.56 Å². The van der Waals surface area contributed by atoms with Crippen LogP contribution in [0.4, 0.5) is 5.88 Å². The zero-order valence-electron chi connectivity index (χ0n) is 11.1. The minimum atomic E-state index is -0.123. The van der Waals surface area contributed by atoms with Gasteiger partial charge in [-0.3, -0.25) is 10.1 Å². The van der Waals surface area contributed by atoms with Crippen LogP contribution in [0.3, 0.4) is 0 Å². The van der Waals surface area contributed by atoms with E-state index in [0.717, 1.165) is 24.4 Å². The molecule has 1 saturated heterocycles. The summed E-state index contributed by atoms with van der Waals surface area (Å²) in [7, 11) is 0. The monoisotopic (exact) mass is 279 g/mol. The highest BCUT2D eigenvalue weighted by Gasteiger charge is 2.18. The molecular weight excluding hydrogens is 262 g/mol. The summed E-state index contributed by atoms with van der Waals surface area (Å²) in [4.78, 5) is 11.8. The lowest BCUT2D eigenvalue weighted by atomic mass is 10.1. The number of rotatable bonds is 5. The van der Waals surface area contributed by atoms with Gasteiger partial charge < -0.3 is 9.73 Å². The molecular formula is C13H17N3O2S. The fourth-order valence-corrected chi connectivity index (χ4v) is 2.74. The second-order valence-corrected chi connectivity index (χ2v) is 5.72. The van der Waals surface area contributed by atoms with Gasteiger partial charge in [0.1, 0.15) is 17.4 Å². The number of anilines is 1. The molecule has 6 heteroatoms. The van der Waals surface area contributed by atoms with Crippen LogP contribution in [0.2, 0.25) is 0 Å². The predicted molar refractivity (Wildman–Crippen MR) is 75.2 cm³/mol. The molecule has 19 heavy (non-hydrogen) atoms. The number of hydrogen-bond acceptors (Lipinski definition) is 5. The molecule has 0 saturated carbocycles. The van der Waals surface area contributed by atoms with E-state index in [-0.39, 0.29) is 11.8 Å². The second kappa shape index (κ2) is 6.13. The first-order valence-electron chi connectivity index (χ1n) is 6.20. The van der Waals surface area contributed by atoms with Crippen LogP contribution in [0, 0.1) is 31.1 Å². The van der Waals surface area contributed by atoms with Crippen molar-refractivity contribution in [3.05, 3.63) is 16.9 Å². The number of hydrogen-bond donors (Lipinski definition) is 2. The molecule has 0 atom stereocenters. The highest BCUT2D eigenvalue weighted by molar-refractivity contribution is 7.99. The lowest BCUT2D eigenvalue weighted by Gasteiger charge is -2.26. The SMILES string of the molecule is Cc1oc(NC(=O)CSCC2CNC2)c(C#N)c1C. The average Bonchev–Trinajstić information content (AvgIpc) is 2.57. The molecule has 0 radical (unpaired) electrons. The van der Waals surface area contributed by atoms with E-state index in [9.17, 15) is 4.79 Å². The number of nitrogens with one attached hydrogen (secondary N) is 2. The summed E-state index contributed by atoms with van der Waals surface area (Å²) in [6.07, 6.45) is 0. The molecule has 102 valence electrons. The fraction of sp³-hybridized carbons (Fsp3) is 0.538. The lowest BCUT2D eigenvalue weighted by molar-refractivity contribution is -0.113. The molecule has 1 fully saturated rings. The van der Waals surface area contributed by atoms with Crippen molar-refractivity contribution in [3.8, 4) is 6.07 Å². The first-order chi connectivity index (χ1) is 9.11. The Bertz CT molecular complexity index is 515. The van der Waals surface area contributed by atoms with Crippen molar-refractivity contribution in [1.82, 2.24) is 5.32 Å². The van der Waals surface area contributed by atoms with Gasteiger partial charge >= 0.3 is 0 Å². The molecule has 0 aliphatic carbocycles. The lowest BCUT2D eigenvalue weighted by Crippen LogP contribution is -2.43. The van der Waals surface area contributed by atoms with Crippen molar-refractivity contribution in [2.45, 2.75) is 13.8 Å². The summed E-state index contributed by atoms with van der Waals surface area (Å²) in [6.45, 7) is 5.68. The molecule has 1 aromatic rings. The van der Waals surface area contributed by atoms with Gasteiger partial charge in [0.05, 0.1) is 5.75 Å². The Hall–Kier alpha value is -1.45. The molecule has 0 aromatic carbocycles. The van der Waals surface area contributed by atoms with Gasteiger partial charge in [-0.25, -0.2) is 0 Å². The number of amides is 1. The maximum atomic E-state index is 11.8. The van der Waals surface area contributed by atoms with Crippen LogP contribution < -0.4 is 10.6 Å². The summed E-state index contributed by atoms with van der Waals surface area (Å²) in [5, 5.41) is 14.9. The quantitative estimate of drug-likeness (QED) is 0.857. The maximum Gasteiger partial charge on any atom is 0.236 e. The minimum absolute atomic E-state index is 0.123. The molecule has 2 rings (SSSR count). The molecule has 1 aliphatic heterocycles. The number of nitriles is 1. The van der Waals surface area contributed by atoms with Crippen molar-refractivity contribution >= 4 is 23.6 Å². The number of nitrogens with zero attached hydrogens (tertiary/aromatic N) is 1. The van der Waals surface area contributed by atoms with E-state index in [4.69, 9.17) is 9.68 Å². The minimum Gasteiger partial charge on any atom is -0.444 e.